The molecule has 1 aromatic carbocycles. The Morgan fingerprint density at radius 1 is 1.29 bits per heavy atom. The average Bonchev–Trinajstić information content (AvgIpc) is 3.13. The van der Waals surface area contributed by atoms with E-state index in [-0.39, 0.29) is 24.6 Å². The maximum absolute atomic E-state index is 13.4. The Morgan fingerprint density at radius 3 is 2.87 bits per heavy atom. The van der Waals surface area contributed by atoms with Crippen molar-refractivity contribution in [2.45, 2.75) is 51.0 Å². The second kappa shape index (κ2) is 5.93. The highest BCUT2D eigenvalue weighted by atomic mass is 16.6. The molecule has 0 bridgehead atoms. The number of pyridine rings is 2. The molecule has 0 saturated heterocycles. The molecule has 158 valence electrons. The number of hydrogen-bond donors (Lipinski definition) is 3. The third kappa shape index (κ3) is 2.18. The molecule has 0 radical (unpaired) electrons. The van der Waals surface area contributed by atoms with Gasteiger partial charge in [-0.3, -0.25) is 4.79 Å². The van der Waals surface area contributed by atoms with Crippen LogP contribution in [-0.2, 0) is 34.7 Å². The van der Waals surface area contributed by atoms with Crippen molar-refractivity contribution in [2.75, 3.05) is 5.73 Å². The maximum atomic E-state index is 13.4. The summed E-state index contributed by atoms with van der Waals surface area (Å²) in [6.07, 6.45) is 1.67. The highest BCUT2D eigenvalue weighted by Gasteiger charge is 2.45. The van der Waals surface area contributed by atoms with Crippen LogP contribution >= 0.6 is 0 Å². The summed E-state index contributed by atoms with van der Waals surface area (Å²) < 4.78 is 6.78. The number of carbonyl (C=O) groups excluding carboxylic acids is 1. The number of aromatic nitrogens is 2. The van der Waals surface area contributed by atoms with Crippen LogP contribution in [0, 0.1) is 0 Å². The summed E-state index contributed by atoms with van der Waals surface area (Å²) in [5.41, 5.74) is 17.1. The number of rotatable bonds is 1. The van der Waals surface area contributed by atoms with E-state index in [0.717, 1.165) is 46.1 Å². The summed E-state index contributed by atoms with van der Waals surface area (Å²) in [6, 6.07) is 5.29. The lowest BCUT2D eigenvalue weighted by Gasteiger charge is -2.31. The first-order valence-electron chi connectivity index (χ1n) is 10.5. The molecule has 3 aromatic rings. The highest BCUT2D eigenvalue weighted by Crippen LogP contribution is 2.45. The fourth-order valence-electron chi connectivity index (χ4n) is 5.42. The number of nitrogen functional groups attached to an aromatic ring is 1. The minimum Gasteiger partial charge on any atom is -0.458 e. The molecule has 2 aromatic heterocycles. The fourth-order valence-corrected chi connectivity index (χ4v) is 5.42. The summed E-state index contributed by atoms with van der Waals surface area (Å²) >= 11 is 0. The zero-order chi connectivity index (χ0) is 21.7. The van der Waals surface area contributed by atoms with Crippen LogP contribution in [0.3, 0.4) is 0 Å². The molecular weight excluding hydrogens is 396 g/mol. The second-order valence-electron chi connectivity index (χ2n) is 8.63. The van der Waals surface area contributed by atoms with Crippen LogP contribution in [0.2, 0.25) is 0 Å². The van der Waals surface area contributed by atoms with E-state index >= 15 is 0 Å². The number of aryl methyl sites for hydroxylation is 1. The van der Waals surface area contributed by atoms with Gasteiger partial charge in [-0.25, -0.2) is 9.78 Å². The summed E-state index contributed by atoms with van der Waals surface area (Å²) in [5, 5.41) is 12.0. The summed E-state index contributed by atoms with van der Waals surface area (Å²) in [5.74, 6) is -0.728. The number of fused-ring (bicyclic) bond motifs is 5. The van der Waals surface area contributed by atoms with E-state index in [1.165, 1.54) is 0 Å². The Labute approximate surface area is 177 Å². The number of ether oxygens (including phenoxy) is 1. The number of anilines is 1. The van der Waals surface area contributed by atoms with Crippen molar-refractivity contribution in [2.24, 2.45) is 5.73 Å². The summed E-state index contributed by atoms with van der Waals surface area (Å²) in [4.78, 5) is 30.6. The van der Waals surface area contributed by atoms with Gasteiger partial charge in [-0.1, -0.05) is 6.92 Å². The molecule has 8 nitrogen and oxygen atoms in total. The number of carbonyl (C=O) groups is 1. The van der Waals surface area contributed by atoms with Gasteiger partial charge < -0.3 is 25.9 Å². The molecule has 4 heterocycles. The minimum absolute atomic E-state index is 0.110. The molecule has 0 fully saturated rings. The molecule has 6 rings (SSSR count). The number of cyclic esters (lactones) is 1. The standard InChI is InChI=1S/C23H22N4O4/c1-2-23(30)13-7-17-20-11(8-27(17)21(28)12(13)9-31-22(23)29)18-15(25)4-3-10-14(24)5-6-16(26-20)19(10)18/h5-7,15,30H,2-4,8-9,24-25H2,1H3/t15-,23+/m1/s1. The topological polar surface area (TPSA) is 133 Å². The number of benzene rings is 1. The summed E-state index contributed by atoms with van der Waals surface area (Å²) in [7, 11) is 0. The quantitative estimate of drug-likeness (QED) is 0.316. The molecule has 1 aliphatic carbocycles. The maximum Gasteiger partial charge on any atom is 0.343 e. The zero-order valence-electron chi connectivity index (χ0n) is 17.1. The number of nitrogens with two attached hydrogens (primary N) is 2. The first-order chi connectivity index (χ1) is 14.8. The van der Waals surface area contributed by atoms with Crippen molar-refractivity contribution in [3.8, 4) is 11.4 Å². The van der Waals surface area contributed by atoms with Crippen LogP contribution in [0.25, 0.3) is 22.3 Å². The Balaban J connectivity index is 1.69. The van der Waals surface area contributed by atoms with E-state index in [1.54, 1.807) is 17.6 Å². The molecule has 0 saturated carbocycles. The monoisotopic (exact) mass is 418 g/mol. The van der Waals surface area contributed by atoms with E-state index < -0.39 is 11.6 Å². The molecule has 5 N–H and O–H groups in total. The molecule has 3 aliphatic rings. The van der Waals surface area contributed by atoms with Crippen LogP contribution in [-0.4, -0.2) is 20.6 Å². The van der Waals surface area contributed by atoms with Crippen molar-refractivity contribution >= 4 is 22.6 Å². The van der Waals surface area contributed by atoms with E-state index in [1.807, 2.05) is 12.1 Å². The molecule has 0 spiro atoms. The zero-order valence-corrected chi connectivity index (χ0v) is 17.1. The number of esters is 1. The van der Waals surface area contributed by atoms with E-state index in [9.17, 15) is 14.7 Å². The smallest absolute Gasteiger partial charge is 0.343 e. The molecule has 8 heteroatoms. The van der Waals surface area contributed by atoms with E-state index in [4.69, 9.17) is 21.2 Å². The van der Waals surface area contributed by atoms with Gasteiger partial charge in [0, 0.05) is 28.2 Å². The molecule has 2 aliphatic heterocycles. The molecule has 0 amide bonds. The summed E-state index contributed by atoms with van der Waals surface area (Å²) in [6.45, 7) is 1.89. The largest absolute Gasteiger partial charge is 0.458 e. The second-order valence-corrected chi connectivity index (χ2v) is 8.63. The predicted molar refractivity (Wildman–Crippen MR) is 114 cm³/mol. The Hall–Kier alpha value is -3.23. The highest BCUT2D eigenvalue weighted by molar-refractivity contribution is 5.95. The van der Waals surface area contributed by atoms with Gasteiger partial charge in [0.15, 0.2) is 5.60 Å². The number of nitrogens with zero attached hydrogens (tertiary/aromatic N) is 2. The molecule has 31 heavy (non-hydrogen) atoms. The fraction of sp³-hybridized carbons (Fsp3) is 0.348. The lowest BCUT2D eigenvalue weighted by Crippen LogP contribution is -2.44. The van der Waals surface area contributed by atoms with Gasteiger partial charge in [-0.15, -0.1) is 0 Å². The van der Waals surface area contributed by atoms with Crippen LogP contribution in [0.4, 0.5) is 5.69 Å². The van der Waals surface area contributed by atoms with Gasteiger partial charge in [0.25, 0.3) is 5.56 Å². The van der Waals surface area contributed by atoms with Gasteiger partial charge in [0.2, 0.25) is 0 Å². The Bertz CT molecular complexity index is 1390. The van der Waals surface area contributed by atoms with Crippen LogP contribution < -0.4 is 17.0 Å². The third-order valence-electron chi connectivity index (χ3n) is 7.12. The minimum atomic E-state index is -1.84. The first-order valence-corrected chi connectivity index (χ1v) is 10.5. The lowest BCUT2D eigenvalue weighted by atomic mass is 9.83. The van der Waals surface area contributed by atoms with Crippen molar-refractivity contribution in [3.63, 3.8) is 0 Å². The SMILES string of the molecule is CC[C@@]1(O)C(=O)OCc2c1cc1n(c2=O)Cc2c-1nc1ccc(N)c3c1c2[C@H](N)CC3. The van der Waals surface area contributed by atoms with Gasteiger partial charge in [-0.05, 0) is 48.6 Å². The van der Waals surface area contributed by atoms with Crippen molar-refractivity contribution in [1.82, 2.24) is 9.55 Å². The van der Waals surface area contributed by atoms with Crippen LogP contribution in [0.1, 0.15) is 53.6 Å². The molecule has 2 atom stereocenters. The Kier molecular flexibility index (Phi) is 3.54. The van der Waals surface area contributed by atoms with E-state index in [2.05, 4.69) is 0 Å². The van der Waals surface area contributed by atoms with Crippen LogP contribution in [0.5, 0.6) is 0 Å². The van der Waals surface area contributed by atoms with Crippen LogP contribution in [0.15, 0.2) is 23.0 Å². The van der Waals surface area contributed by atoms with E-state index in [0.29, 0.717) is 29.1 Å². The number of aliphatic hydroxyl groups is 1. The third-order valence-corrected chi connectivity index (χ3v) is 7.12. The molecule has 0 unspecified atom stereocenters. The first kappa shape index (κ1) is 18.5. The van der Waals surface area contributed by atoms with Gasteiger partial charge in [0.05, 0.1) is 29.0 Å². The predicted octanol–water partition coefficient (Wildman–Crippen LogP) is 1.61. The van der Waals surface area contributed by atoms with Crippen molar-refractivity contribution in [1.29, 1.82) is 0 Å². The van der Waals surface area contributed by atoms with Crippen molar-refractivity contribution < 1.29 is 14.6 Å². The van der Waals surface area contributed by atoms with Gasteiger partial charge in [0.1, 0.15) is 6.61 Å². The lowest BCUT2D eigenvalue weighted by molar-refractivity contribution is -0.172. The van der Waals surface area contributed by atoms with Gasteiger partial charge in [-0.2, -0.15) is 0 Å². The average molecular weight is 418 g/mol. The normalized spacial score (nSPS) is 23.3. The molecular formula is C23H22N4O4. The number of hydrogen-bond acceptors (Lipinski definition) is 7. The van der Waals surface area contributed by atoms with Gasteiger partial charge >= 0.3 is 5.97 Å². The van der Waals surface area contributed by atoms with Crippen molar-refractivity contribution in [3.05, 3.63) is 56.4 Å². The Morgan fingerprint density at radius 2 is 2.10 bits per heavy atom.